The molecule has 8 aliphatic carbocycles. The van der Waals surface area contributed by atoms with E-state index in [1.165, 1.54) is 38.5 Å². The van der Waals surface area contributed by atoms with E-state index in [0.29, 0.717) is 11.1 Å². The van der Waals surface area contributed by atoms with E-state index in [4.69, 9.17) is 0 Å². The van der Waals surface area contributed by atoms with E-state index in [1.54, 1.807) is 42.2 Å². The van der Waals surface area contributed by atoms with Crippen LogP contribution in [0.1, 0.15) is 77.0 Å². The first-order valence-corrected chi connectivity index (χ1v) is 12.4. The van der Waals surface area contributed by atoms with Crippen molar-refractivity contribution in [2.45, 2.75) is 88.1 Å². The van der Waals surface area contributed by atoms with E-state index in [-0.39, 0.29) is 12.4 Å². The van der Waals surface area contributed by atoms with Crippen LogP contribution >= 0.6 is 12.4 Å². The van der Waals surface area contributed by atoms with Gasteiger partial charge in [-0.15, -0.1) is 12.4 Å². The van der Waals surface area contributed by atoms with Gasteiger partial charge in [-0.25, -0.2) is 0 Å². The Balaban J connectivity index is 0.00000146. The zero-order valence-electron chi connectivity index (χ0n) is 16.2. The molecule has 8 aliphatic rings. The van der Waals surface area contributed by atoms with Gasteiger partial charge in [0, 0.05) is 0 Å². The zero-order valence-corrected chi connectivity index (χ0v) is 19.2. The summed E-state index contributed by atoms with van der Waals surface area (Å²) in [5, 5.41) is 0. The summed E-state index contributed by atoms with van der Waals surface area (Å²) < 4.78 is 7.13. The third kappa shape index (κ3) is 2.46. The van der Waals surface area contributed by atoms with Crippen LogP contribution in [0.2, 0.25) is 0 Å². The molecule has 1 aromatic heterocycles. The fourth-order valence-corrected chi connectivity index (χ4v) is 11.1. The van der Waals surface area contributed by atoms with Gasteiger partial charge in [0.25, 0.3) is 0 Å². The molecule has 0 atom stereocenters. The predicted molar refractivity (Wildman–Crippen MR) is 105 cm³/mol. The Morgan fingerprint density at radius 1 is 0.593 bits per heavy atom. The van der Waals surface area contributed by atoms with Gasteiger partial charge in [0.05, 0.1) is 0 Å². The van der Waals surface area contributed by atoms with Crippen LogP contribution in [0.5, 0.6) is 0 Å². The van der Waals surface area contributed by atoms with Gasteiger partial charge >= 0.3 is 169 Å². The fourth-order valence-electron chi connectivity index (χ4n) is 9.75. The molecule has 9 rings (SSSR count). The molecule has 8 bridgehead atoms. The molecule has 1 aromatic rings. The minimum atomic E-state index is 0. The van der Waals surface area contributed by atoms with Crippen molar-refractivity contribution in [3.8, 4) is 0 Å². The number of nitrogens with zero attached hydrogens (tertiary/aromatic N) is 2. The van der Waals surface area contributed by atoms with Crippen LogP contribution in [0.15, 0.2) is 12.4 Å². The maximum atomic E-state index is 2.97. The molecular weight excluding hydrogens is 537 g/mol. The summed E-state index contributed by atoms with van der Waals surface area (Å²) in [6.07, 6.45) is 23.1. The average molecular weight is 570 g/mol. The van der Waals surface area contributed by atoms with E-state index >= 15 is 0 Å². The Kier molecular flexibility index (Phi) is 3.94. The monoisotopic (exact) mass is 569 g/mol. The molecule has 8 saturated carbocycles. The molecule has 1 heterocycles. The summed E-state index contributed by atoms with van der Waals surface area (Å²) in [5.41, 5.74) is 0.957. The van der Waals surface area contributed by atoms with E-state index in [0.717, 1.165) is 35.5 Å². The summed E-state index contributed by atoms with van der Waals surface area (Å²) in [7, 11) is 0. The van der Waals surface area contributed by atoms with Gasteiger partial charge in [0.1, 0.15) is 0 Å². The Bertz CT molecular complexity index is 686. The fraction of sp³-hybridized carbons (Fsp3) is 0.870. The van der Waals surface area contributed by atoms with Crippen LogP contribution in [0.3, 0.4) is 0 Å². The number of rotatable bonds is 2. The summed E-state index contributed by atoms with van der Waals surface area (Å²) >= 11 is 2.97. The van der Waals surface area contributed by atoms with Crippen molar-refractivity contribution in [3.63, 3.8) is 0 Å². The molecule has 0 spiro atoms. The van der Waals surface area contributed by atoms with Crippen molar-refractivity contribution in [3.05, 3.63) is 16.0 Å². The van der Waals surface area contributed by atoms with Gasteiger partial charge in [-0.05, 0) is 0 Å². The van der Waals surface area contributed by atoms with Crippen LogP contribution in [-0.4, -0.2) is 9.13 Å². The van der Waals surface area contributed by atoms with Crippen molar-refractivity contribution in [2.24, 2.45) is 35.5 Å². The van der Waals surface area contributed by atoms with E-state index in [9.17, 15) is 0 Å². The van der Waals surface area contributed by atoms with Crippen molar-refractivity contribution in [1.29, 1.82) is 0 Å². The first kappa shape index (κ1) is 18.0. The molecule has 8 fully saturated rings. The molecule has 27 heavy (non-hydrogen) atoms. The van der Waals surface area contributed by atoms with Gasteiger partial charge in [0.2, 0.25) is 0 Å². The Labute approximate surface area is 181 Å². The summed E-state index contributed by atoms with van der Waals surface area (Å²) in [4.78, 5) is 0. The molecule has 0 aromatic carbocycles. The second-order valence-corrected chi connectivity index (χ2v) is 12.5. The molecule has 2 nitrogen and oxygen atoms in total. The molecule has 0 unspecified atom stereocenters. The quantitative estimate of drug-likeness (QED) is 0.408. The predicted octanol–water partition coefficient (Wildman–Crippen LogP) is 5.64. The van der Waals surface area contributed by atoms with Crippen molar-refractivity contribution < 1.29 is 20.6 Å². The zero-order chi connectivity index (χ0) is 17.1. The van der Waals surface area contributed by atoms with Gasteiger partial charge in [-0.1, -0.05) is 0 Å². The number of hydrogen-bond donors (Lipinski definition) is 0. The van der Waals surface area contributed by atoms with Crippen molar-refractivity contribution in [1.82, 2.24) is 9.13 Å². The second kappa shape index (κ2) is 5.90. The van der Waals surface area contributed by atoms with Crippen molar-refractivity contribution >= 4 is 12.4 Å². The van der Waals surface area contributed by atoms with Crippen LogP contribution < -0.4 is 0 Å². The third-order valence-corrected chi connectivity index (χ3v) is 10.8. The SMILES string of the molecule is Cl.[Au]=[c]1n(C23CC4CC(CC(C4)C2)C3)ccn1C12CC3CC(CC(C3)C1)C2. The maximum absolute atomic E-state index is 2.97. The van der Waals surface area contributed by atoms with Gasteiger partial charge in [-0.2, -0.15) is 0 Å². The van der Waals surface area contributed by atoms with Crippen molar-refractivity contribution in [2.75, 3.05) is 0 Å². The second-order valence-electron chi connectivity index (χ2n) is 11.6. The summed E-state index contributed by atoms with van der Waals surface area (Å²) in [6, 6.07) is 0. The number of halogens is 1. The minimum absolute atomic E-state index is 0. The van der Waals surface area contributed by atoms with E-state index < -0.39 is 0 Å². The molecule has 153 valence electrons. The molecule has 0 saturated heterocycles. The Hall–Kier alpha value is 0.240. The molecule has 0 N–H and O–H groups in total. The third-order valence-electron chi connectivity index (χ3n) is 9.76. The van der Waals surface area contributed by atoms with E-state index in [1.807, 2.05) is 0 Å². The molecule has 4 heteroatoms. The van der Waals surface area contributed by atoms with Crippen LogP contribution in [0, 0.1) is 39.1 Å². The standard InChI is InChI=1S/C23H32N2.Au.ClH/c1-2-25(23-12-19-6-20(13-23)8-21(7-19)14-23)15-24(1)22-9-16-3-17(10-22)5-18(4-16)11-22;;/h1-2,16-21H,3-14H2;;1H. The van der Waals surface area contributed by atoms with Crippen LogP contribution in [0.4, 0.5) is 0 Å². The molecule has 0 radical (unpaired) electrons. The van der Waals surface area contributed by atoms with Crippen LogP contribution in [0.25, 0.3) is 0 Å². The van der Waals surface area contributed by atoms with Gasteiger partial charge in [0.15, 0.2) is 0 Å². The average Bonchev–Trinajstić information content (AvgIpc) is 2.95. The summed E-state index contributed by atoms with van der Waals surface area (Å²) in [6.45, 7) is 0. The number of imidazole rings is 1. The Morgan fingerprint density at radius 2 is 0.852 bits per heavy atom. The number of aromatic nitrogens is 2. The first-order valence-electron chi connectivity index (χ1n) is 11.4. The van der Waals surface area contributed by atoms with E-state index in [2.05, 4.69) is 42.1 Å². The van der Waals surface area contributed by atoms with Gasteiger partial charge in [-0.3, -0.25) is 0 Å². The molecule has 0 aliphatic heterocycles. The first-order chi connectivity index (χ1) is 12.6. The molecule has 0 amide bonds. The molecular formula is C23H33AuClN2. The normalized spacial score (nSPS) is 51.6. The summed E-state index contributed by atoms with van der Waals surface area (Å²) in [5.74, 6) is 6.19. The topological polar surface area (TPSA) is 9.86 Å². The van der Waals surface area contributed by atoms with Gasteiger partial charge < -0.3 is 0 Å². The van der Waals surface area contributed by atoms with Crippen LogP contribution in [-0.2, 0) is 31.7 Å². The number of hydrogen-bond acceptors (Lipinski definition) is 0. The Morgan fingerprint density at radius 3 is 1.11 bits per heavy atom.